The average molecular weight is 393 g/mol. The average Bonchev–Trinajstić information content (AvgIpc) is 2.67. The van der Waals surface area contributed by atoms with Gasteiger partial charge < -0.3 is 31.5 Å². The monoisotopic (exact) mass is 392 g/mol. The van der Waals surface area contributed by atoms with Gasteiger partial charge in [0.25, 0.3) is 0 Å². The summed E-state index contributed by atoms with van der Waals surface area (Å²) in [7, 11) is 0. The van der Waals surface area contributed by atoms with E-state index in [9.17, 15) is 5.11 Å². The fraction of sp³-hybridized carbons (Fsp3) is 0.364. The zero-order chi connectivity index (χ0) is 22.1. The quantitative estimate of drug-likeness (QED) is 0.403. The molecule has 0 amide bonds. The minimum atomic E-state index is -0.695. The van der Waals surface area contributed by atoms with Gasteiger partial charge in [0.2, 0.25) is 0 Å². The first kappa shape index (κ1) is 27.8. The second-order valence-electron chi connectivity index (χ2n) is 5.93. The Morgan fingerprint density at radius 1 is 0.964 bits per heavy atom. The van der Waals surface area contributed by atoms with Crippen LogP contribution >= 0.6 is 0 Å². The topological polar surface area (TPSA) is 122 Å². The highest BCUT2D eigenvalue weighted by atomic mass is 16.5. The van der Waals surface area contributed by atoms with E-state index in [0.29, 0.717) is 5.75 Å². The summed E-state index contributed by atoms with van der Waals surface area (Å²) in [5, 5.41) is 26.2. The van der Waals surface area contributed by atoms with Crippen molar-refractivity contribution in [1.29, 1.82) is 0 Å². The van der Waals surface area contributed by atoms with E-state index in [1.165, 1.54) is 29.7 Å². The number of aliphatic hydroxyl groups is 2. The second-order valence-corrected chi connectivity index (χ2v) is 5.93. The molecule has 2 aromatic carbocycles. The number of rotatable bonds is 4. The molecule has 2 atom stereocenters. The molecule has 0 radical (unpaired) electrons. The lowest BCUT2D eigenvalue weighted by Crippen LogP contribution is -2.26. The molecular formula is C22H36N2O4. The summed E-state index contributed by atoms with van der Waals surface area (Å²) in [6, 6.07) is 13.0. The van der Waals surface area contributed by atoms with E-state index in [2.05, 4.69) is 57.9 Å². The number of benzene rings is 2. The third kappa shape index (κ3) is 13.8. The Kier molecular flexibility index (Phi) is 16.7. The number of aliphatic hydroxyl groups excluding tert-OH is 2. The summed E-state index contributed by atoms with van der Waals surface area (Å²) in [5.41, 5.74) is 14.0. The molecule has 0 aliphatic carbocycles. The van der Waals surface area contributed by atoms with Crippen LogP contribution in [0, 0.1) is 20.8 Å². The number of hydrogen-bond acceptors (Lipinski definition) is 6. The molecule has 28 heavy (non-hydrogen) atoms. The number of phenolic OH excluding ortho intramolecular Hbond substituents is 1. The van der Waals surface area contributed by atoms with Crippen LogP contribution in [0.5, 0.6) is 11.5 Å². The van der Waals surface area contributed by atoms with Gasteiger partial charge >= 0.3 is 0 Å². The number of phenols is 1. The molecule has 2 unspecified atom stereocenters. The molecule has 7 N–H and O–H groups in total. The molecule has 6 nitrogen and oxygen atoms in total. The molecular weight excluding hydrogens is 356 g/mol. The largest absolute Gasteiger partial charge is 0.504 e. The number of nitrogens with two attached hydrogens (primary N) is 2. The van der Waals surface area contributed by atoms with E-state index >= 15 is 0 Å². The molecule has 2 aromatic rings. The molecule has 0 heterocycles. The van der Waals surface area contributed by atoms with Gasteiger partial charge in [-0.25, -0.2) is 0 Å². The predicted molar refractivity (Wildman–Crippen MR) is 116 cm³/mol. The summed E-state index contributed by atoms with van der Waals surface area (Å²) < 4.78 is 5.11. The Labute approximate surface area is 169 Å². The van der Waals surface area contributed by atoms with Crippen molar-refractivity contribution in [2.24, 2.45) is 11.5 Å². The molecule has 0 aliphatic rings. The maximum atomic E-state index is 9.26. The summed E-state index contributed by atoms with van der Waals surface area (Å²) in [5.74, 6) is 0.418. The van der Waals surface area contributed by atoms with Crippen molar-refractivity contribution in [3.8, 4) is 11.5 Å². The van der Waals surface area contributed by atoms with Gasteiger partial charge in [0.15, 0.2) is 11.5 Å². The van der Waals surface area contributed by atoms with Crippen molar-refractivity contribution < 1.29 is 20.1 Å². The van der Waals surface area contributed by atoms with Crippen LogP contribution in [-0.2, 0) is 0 Å². The van der Waals surface area contributed by atoms with Gasteiger partial charge in [-0.3, -0.25) is 0 Å². The molecule has 0 fully saturated rings. The van der Waals surface area contributed by atoms with E-state index < -0.39 is 12.3 Å². The number of para-hydroxylation sites is 2. The molecule has 0 bridgehead atoms. The first-order chi connectivity index (χ1) is 13.2. The Morgan fingerprint density at radius 3 is 1.82 bits per heavy atom. The smallest absolute Gasteiger partial charge is 0.161 e. The van der Waals surface area contributed by atoms with Crippen LogP contribution < -0.4 is 16.2 Å². The van der Waals surface area contributed by atoms with E-state index in [4.69, 9.17) is 20.7 Å². The minimum absolute atomic E-state index is 0.0618. The Bertz CT molecular complexity index is 625. The predicted octanol–water partition coefficient (Wildman–Crippen LogP) is 2.79. The molecule has 0 saturated heterocycles. The Hall–Kier alpha value is -2.38. The van der Waals surface area contributed by atoms with Crippen molar-refractivity contribution in [1.82, 2.24) is 0 Å². The summed E-state index contributed by atoms with van der Waals surface area (Å²) in [6.07, 6.45) is -1.36. The van der Waals surface area contributed by atoms with Crippen molar-refractivity contribution in [2.45, 2.75) is 40.0 Å². The fourth-order valence-electron chi connectivity index (χ4n) is 1.73. The molecule has 0 aliphatic heterocycles. The first-order valence-electron chi connectivity index (χ1n) is 8.94. The van der Waals surface area contributed by atoms with Crippen molar-refractivity contribution in [2.75, 3.05) is 13.2 Å². The second kappa shape index (κ2) is 16.8. The van der Waals surface area contributed by atoms with Crippen LogP contribution in [-0.4, -0.2) is 40.8 Å². The van der Waals surface area contributed by atoms with Crippen LogP contribution in [0.25, 0.3) is 0 Å². The van der Waals surface area contributed by atoms with Crippen molar-refractivity contribution in [3.05, 3.63) is 72.3 Å². The maximum Gasteiger partial charge on any atom is 0.161 e. The van der Waals surface area contributed by atoms with Gasteiger partial charge in [-0.2, -0.15) is 0 Å². The summed E-state index contributed by atoms with van der Waals surface area (Å²) in [4.78, 5) is 0. The summed E-state index contributed by atoms with van der Waals surface area (Å²) in [6.45, 7) is 14.2. The van der Waals surface area contributed by atoms with Crippen LogP contribution in [0.4, 0.5) is 0 Å². The maximum absolute atomic E-state index is 9.26. The van der Waals surface area contributed by atoms with E-state index in [-0.39, 0.29) is 18.9 Å². The number of aryl methyl sites for hydroxylation is 2. The normalized spacial score (nSPS) is 11.3. The highest BCUT2D eigenvalue weighted by Crippen LogP contribution is 2.24. The van der Waals surface area contributed by atoms with Crippen LogP contribution in [0.3, 0.4) is 0 Å². The molecule has 158 valence electrons. The minimum Gasteiger partial charge on any atom is -0.504 e. The van der Waals surface area contributed by atoms with Gasteiger partial charge in [-0.1, -0.05) is 30.3 Å². The third-order valence-electron chi connectivity index (χ3n) is 3.44. The highest BCUT2D eigenvalue weighted by Gasteiger charge is 2.04. The molecule has 6 heteroatoms. The Morgan fingerprint density at radius 2 is 1.43 bits per heavy atom. The number of ether oxygens (including phenoxy) is 1. The van der Waals surface area contributed by atoms with E-state index in [0.717, 1.165) is 0 Å². The van der Waals surface area contributed by atoms with Crippen LogP contribution in [0.1, 0.15) is 23.6 Å². The van der Waals surface area contributed by atoms with Crippen molar-refractivity contribution >= 4 is 0 Å². The van der Waals surface area contributed by atoms with Crippen molar-refractivity contribution in [3.63, 3.8) is 0 Å². The zero-order valence-corrected chi connectivity index (χ0v) is 17.4. The lowest BCUT2D eigenvalue weighted by molar-refractivity contribution is 0.112. The first-order valence-corrected chi connectivity index (χ1v) is 8.94. The van der Waals surface area contributed by atoms with Gasteiger partial charge in [0, 0.05) is 6.54 Å². The SMILES string of the molecule is C=C.CC(N)O.Cc1cccc(C)c1C.NCC(O)COc1ccccc1O. The standard InChI is InChI=1S/C9H13NO3.C9H12.C2H7NO.C2H4/c10-5-7(11)6-13-9-4-2-1-3-8(9)12;1-7-5-4-6-8(2)9(7)3;1-2(3)4;1-2/h1-4,7,11-12H,5-6,10H2;4-6H,1-3H3;2,4H,3H2,1H3;1-2H2. The van der Waals surface area contributed by atoms with Crippen LogP contribution in [0.2, 0.25) is 0 Å². The molecule has 0 spiro atoms. The Balaban J connectivity index is 0. The highest BCUT2D eigenvalue weighted by molar-refractivity contribution is 5.37. The van der Waals surface area contributed by atoms with E-state index in [1.807, 2.05) is 0 Å². The molecule has 0 saturated carbocycles. The number of aromatic hydroxyl groups is 1. The van der Waals surface area contributed by atoms with Gasteiger partial charge in [0.1, 0.15) is 12.7 Å². The third-order valence-corrected chi connectivity index (χ3v) is 3.44. The lowest BCUT2D eigenvalue weighted by atomic mass is 10.1. The zero-order valence-electron chi connectivity index (χ0n) is 17.4. The van der Waals surface area contributed by atoms with E-state index in [1.54, 1.807) is 18.2 Å². The molecule has 2 rings (SSSR count). The van der Waals surface area contributed by atoms with Gasteiger partial charge in [-0.05, 0) is 56.5 Å². The summed E-state index contributed by atoms with van der Waals surface area (Å²) >= 11 is 0. The molecule has 0 aromatic heterocycles. The van der Waals surface area contributed by atoms with Crippen LogP contribution in [0.15, 0.2) is 55.6 Å². The fourth-order valence-corrected chi connectivity index (χ4v) is 1.73. The van der Waals surface area contributed by atoms with Gasteiger partial charge in [-0.15, -0.1) is 13.2 Å². The number of hydrogen-bond donors (Lipinski definition) is 5. The van der Waals surface area contributed by atoms with Gasteiger partial charge in [0.05, 0.1) is 6.23 Å². The lowest BCUT2D eigenvalue weighted by Gasteiger charge is -2.10.